The number of piperazine rings is 1. The van der Waals surface area contributed by atoms with Gasteiger partial charge in [-0.15, -0.1) is 0 Å². The largest absolute Gasteiger partial charge is 0.383 e. The fourth-order valence-electron chi connectivity index (χ4n) is 3.55. The van der Waals surface area contributed by atoms with Crippen LogP contribution in [0.5, 0.6) is 0 Å². The summed E-state index contributed by atoms with van der Waals surface area (Å²) in [5.41, 5.74) is 2.73. The number of benzene rings is 1. The van der Waals surface area contributed by atoms with Crippen LogP contribution in [0.1, 0.15) is 19.3 Å². The molecular weight excluding hydrogens is 488 g/mol. The molecular formula is C20H33BrN4O5S. The number of amides is 1. The summed E-state index contributed by atoms with van der Waals surface area (Å²) in [6.45, 7) is 4.79. The molecule has 2 N–H and O–H groups in total. The van der Waals surface area contributed by atoms with Crippen LogP contribution in [0.15, 0.2) is 28.7 Å². The van der Waals surface area contributed by atoms with Gasteiger partial charge in [-0.1, -0.05) is 15.9 Å². The normalized spacial score (nSPS) is 15.4. The number of halogens is 1. The Balaban J connectivity index is 1.77. The standard InChI is InChI=1S/C20H33BrN4O5S/c1-30-16-15-23(9-2-4-20(26)22-27)10-3-17-31(28,29)25-13-11-24(12-14-25)19-7-5-18(21)6-8-19/h5-8,27H,2-4,9-17H2,1H3,(H,22,26). The highest BCUT2D eigenvalue weighted by atomic mass is 79.9. The molecule has 0 atom stereocenters. The molecule has 0 bridgehead atoms. The Kier molecular flexibility index (Phi) is 11.2. The van der Waals surface area contributed by atoms with Gasteiger partial charge in [0.15, 0.2) is 0 Å². The molecule has 0 saturated carbocycles. The van der Waals surface area contributed by atoms with Crippen LogP contribution in [0.4, 0.5) is 5.69 Å². The van der Waals surface area contributed by atoms with Gasteiger partial charge in [-0.3, -0.25) is 10.0 Å². The molecule has 1 fully saturated rings. The highest BCUT2D eigenvalue weighted by Gasteiger charge is 2.26. The molecule has 0 aromatic heterocycles. The molecule has 0 radical (unpaired) electrons. The molecule has 31 heavy (non-hydrogen) atoms. The van der Waals surface area contributed by atoms with Crippen LogP contribution in [-0.4, -0.2) is 94.0 Å². The predicted molar refractivity (Wildman–Crippen MR) is 124 cm³/mol. The maximum Gasteiger partial charge on any atom is 0.243 e. The molecule has 1 aliphatic rings. The van der Waals surface area contributed by atoms with Gasteiger partial charge in [0.05, 0.1) is 12.4 Å². The van der Waals surface area contributed by atoms with Crippen molar-refractivity contribution in [1.82, 2.24) is 14.7 Å². The number of hydroxylamine groups is 1. The third-order valence-corrected chi connectivity index (χ3v) is 7.80. The van der Waals surface area contributed by atoms with Crippen molar-refractivity contribution in [3.63, 3.8) is 0 Å². The molecule has 176 valence electrons. The quantitative estimate of drug-likeness (QED) is 0.300. The Bertz CT molecular complexity index is 770. The Morgan fingerprint density at radius 3 is 2.39 bits per heavy atom. The van der Waals surface area contributed by atoms with Crippen LogP contribution < -0.4 is 10.4 Å². The first-order valence-electron chi connectivity index (χ1n) is 10.5. The monoisotopic (exact) mass is 520 g/mol. The van der Waals surface area contributed by atoms with Gasteiger partial charge in [-0.2, -0.15) is 4.31 Å². The average molecular weight is 521 g/mol. The van der Waals surface area contributed by atoms with E-state index in [1.54, 1.807) is 16.9 Å². The number of methoxy groups -OCH3 is 1. The smallest absolute Gasteiger partial charge is 0.243 e. The fourth-order valence-corrected chi connectivity index (χ4v) is 5.29. The molecule has 1 amide bonds. The van der Waals surface area contributed by atoms with Crippen molar-refractivity contribution in [2.75, 3.05) is 70.2 Å². The van der Waals surface area contributed by atoms with Crippen LogP contribution in [0.2, 0.25) is 0 Å². The molecule has 1 saturated heterocycles. The van der Waals surface area contributed by atoms with Crippen molar-refractivity contribution in [1.29, 1.82) is 0 Å². The summed E-state index contributed by atoms with van der Waals surface area (Å²) in [5.74, 6) is -0.317. The van der Waals surface area contributed by atoms with Crippen molar-refractivity contribution >= 4 is 37.5 Å². The van der Waals surface area contributed by atoms with Crippen molar-refractivity contribution in [3.05, 3.63) is 28.7 Å². The first-order valence-corrected chi connectivity index (χ1v) is 12.9. The minimum absolute atomic E-state index is 0.103. The second-order valence-corrected chi connectivity index (χ2v) is 10.5. The van der Waals surface area contributed by atoms with Gasteiger partial charge in [0.1, 0.15) is 0 Å². The summed E-state index contributed by atoms with van der Waals surface area (Å²) < 4.78 is 33.3. The number of carbonyl (C=O) groups is 1. The average Bonchev–Trinajstić information content (AvgIpc) is 2.77. The van der Waals surface area contributed by atoms with Gasteiger partial charge in [-0.25, -0.2) is 13.9 Å². The van der Waals surface area contributed by atoms with Crippen LogP contribution >= 0.6 is 15.9 Å². The first kappa shape index (κ1) is 26.0. The summed E-state index contributed by atoms with van der Waals surface area (Å²) in [6.07, 6.45) is 1.33. The summed E-state index contributed by atoms with van der Waals surface area (Å²) >= 11 is 3.43. The number of carbonyl (C=O) groups excluding carboxylic acids is 1. The molecule has 1 aliphatic heterocycles. The Labute approximate surface area is 193 Å². The van der Waals surface area contributed by atoms with Crippen LogP contribution in [0, 0.1) is 0 Å². The van der Waals surface area contributed by atoms with E-state index in [1.165, 1.54) is 0 Å². The van der Waals surface area contributed by atoms with E-state index in [0.29, 0.717) is 65.3 Å². The third-order valence-electron chi connectivity index (χ3n) is 5.31. The van der Waals surface area contributed by atoms with Gasteiger partial charge in [0.2, 0.25) is 15.9 Å². The van der Waals surface area contributed by atoms with Crippen LogP contribution in [0.25, 0.3) is 0 Å². The fraction of sp³-hybridized carbons (Fsp3) is 0.650. The maximum atomic E-state index is 12.8. The van der Waals surface area contributed by atoms with Gasteiger partial charge in [-0.05, 0) is 50.2 Å². The van der Waals surface area contributed by atoms with Crippen molar-refractivity contribution < 1.29 is 23.2 Å². The number of ether oxygens (including phenoxy) is 1. The highest BCUT2D eigenvalue weighted by Crippen LogP contribution is 2.20. The number of rotatable bonds is 13. The molecule has 0 unspecified atom stereocenters. The van der Waals surface area contributed by atoms with E-state index in [1.807, 2.05) is 24.3 Å². The second-order valence-electron chi connectivity index (χ2n) is 7.51. The predicted octanol–water partition coefficient (Wildman–Crippen LogP) is 1.53. The van der Waals surface area contributed by atoms with E-state index in [4.69, 9.17) is 9.94 Å². The molecule has 0 spiro atoms. The summed E-state index contributed by atoms with van der Waals surface area (Å²) in [5, 5.41) is 8.58. The zero-order chi connectivity index (χ0) is 22.7. The SMILES string of the molecule is COCCN(CCCC(=O)NO)CCCS(=O)(=O)N1CCN(c2ccc(Br)cc2)CC1. The zero-order valence-electron chi connectivity index (χ0n) is 18.0. The topological polar surface area (TPSA) is 102 Å². The lowest BCUT2D eigenvalue weighted by Crippen LogP contribution is -2.49. The molecule has 2 rings (SSSR count). The van der Waals surface area contributed by atoms with E-state index >= 15 is 0 Å². The lowest BCUT2D eigenvalue weighted by atomic mass is 10.2. The molecule has 1 heterocycles. The number of hydrogen-bond donors (Lipinski definition) is 2. The summed E-state index contributed by atoms with van der Waals surface area (Å²) in [7, 11) is -1.68. The molecule has 1 aromatic carbocycles. The third kappa shape index (κ3) is 9.03. The van der Waals surface area contributed by atoms with Crippen LogP contribution in [0.3, 0.4) is 0 Å². The van der Waals surface area contributed by atoms with Gasteiger partial charge >= 0.3 is 0 Å². The van der Waals surface area contributed by atoms with Crippen LogP contribution in [-0.2, 0) is 19.6 Å². The van der Waals surface area contributed by atoms with Crippen molar-refractivity contribution in [3.8, 4) is 0 Å². The van der Waals surface area contributed by atoms with E-state index in [2.05, 4.69) is 25.7 Å². The van der Waals surface area contributed by atoms with E-state index < -0.39 is 15.9 Å². The molecule has 1 aromatic rings. The minimum atomic E-state index is -3.31. The molecule has 11 heteroatoms. The number of sulfonamides is 1. The van der Waals surface area contributed by atoms with Crippen molar-refractivity contribution in [2.45, 2.75) is 19.3 Å². The van der Waals surface area contributed by atoms with E-state index in [-0.39, 0.29) is 12.2 Å². The highest BCUT2D eigenvalue weighted by molar-refractivity contribution is 9.10. The number of hydrogen-bond acceptors (Lipinski definition) is 7. The molecule has 0 aliphatic carbocycles. The van der Waals surface area contributed by atoms with Crippen molar-refractivity contribution in [2.24, 2.45) is 0 Å². The Hall–Kier alpha value is -1.24. The molecule has 9 nitrogen and oxygen atoms in total. The van der Waals surface area contributed by atoms with Gasteiger partial charge in [0.25, 0.3) is 0 Å². The Morgan fingerprint density at radius 1 is 1.13 bits per heavy atom. The minimum Gasteiger partial charge on any atom is -0.383 e. The lowest BCUT2D eigenvalue weighted by Gasteiger charge is -2.35. The number of nitrogens with one attached hydrogen (secondary N) is 1. The van der Waals surface area contributed by atoms with Gasteiger partial charge in [0, 0.05) is 56.4 Å². The summed E-state index contributed by atoms with van der Waals surface area (Å²) in [6, 6.07) is 8.05. The maximum absolute atomic E-state index is 12.8. The van der Waals surface area contributed by atoms with Gasteiger partial charge < -0.3 is 14.5 Å². The van der Waals surface area contributed by atoms with E-state index in [9.17, 15) is 13.2 Å². The lowest BCUT2D eigenvalue weighted by molar-refractivity contribution is -0.129. The zero-order valence-corrected chi connectivity index (χ0v) is 20.4. The summed E-state index contributed by atoms with van der Waals surface area (Å²) in [4.78, 5) is 15.5. The Morgan fingerprint density at radius 2 is 1.77 bits per heavy atom. The van der Waals surface area contributed by atoms with E-state index in [0.717, 1.165) is 10.2 Å². The second kappa shape index (κ2) is 13.3. The first-order chi connectivity index (χ1) is 14.9. The number of anilines is 1. The number of nitrogens with zero attached hydrogens (tertiary/aromatic N) is 3.